The fourth-order valence-electron chi connectivity index (χ4n) is 4.39. The van der Waals surface area contributed by atoms with Crippen molar-refractivity contribution in [2.75, 3.05) is 10.6 Å². The summed E-state index contributed by atoms with van der Waals surface area (Å²) in [7, 11) is 0. The van der Waals surface area contributed by atoms with E-state index in [2.05, 4.69) is 20.7 Å². The molecule has 1 amide bonds. The van der Waals surface area contributed by atoms with E-state index in [0.717, 1.165) is 27.9 Å². The zero-order valence-corrected chi connectivity index (χ0v) is 21.0. The third kappa shape index (κ3) is 4.70. The van der Waals surface area contributed by atoms with Crippen molar-refractivity contribution in [2.24, 2.45) is 0 Å². The number of nitrogens with one attached hydrogen (secondary N) is 2. The Labute approximate surface area is 214 Å². The maximum absolute atomic E-state index is 13.6. The van der Waals surface area contributed by atoms with Crippen LogP contribution in [0.1, 0.15) is 35.2 Å². The van der Waals surface area contributed by atoms with E-state index in [1.165, 1.54) is 6.33 Å². The Hall–Kier alpha value is -4.10. The van der Waals surface area contributed by atoms with E-state index >= 15 is 0 Å². The van der Waals surface area contributed by atoms with Gasteiger partial charge in [0.25, 0.3) is 5.91 Å². The van der Waals surface area contributed by atoms with Gasteiger partial charge < -0.3 is 15.4 Å². The standard InChI is InChI=1S/C28H26ClN5O2/c1-17-11-12-24(18(2)13-17)33-27(35)25-19(3)32-28-30-16-31-34(28)26(25)20-8-6-9-22(14-20)36-15-21-7-4-5-10-23(21)29/h4-14,16,26H,15H2,1-3H3,(H,33,35)(H,30,31,32)/t26-/m0/s1. The molecule has 0 spiro atoms. The summed E-state index contributed by atoms with van der Waals surface area (Å²) in [5.74, 6) is 1.03. The van der Waals surface area contributed by atoms with Crippen LogP contribution in [0.15, 0.2) is 84.3 Å². The molecular weight excluding hydrogens is 474 g/mol. The molecule has 0 bridgehead atoms. The second-order valence-corrected chi connectivity index (χ2v) is 9.23. The third-order valence-corrected chi connectivity index (χ3v) is 6.56. The predicted octanol–water partition coefficient (Wildman–Crippen LogP) is 6.05. The molecule has 0 saturated carbocycles. The predicted molar refractivity (Wildman–Crippen MR) is 141 cm³/mol. The summed E-state index contributed by atoms with van der Waals surface area (Å²) in [6, 6.07) is 20.7. The minimum atomic E-state index is -0.488. The van der Waals surface area contributed by atoms with Gasteiger partial charge in [-0.25, -0.2) is 4.68 Å². The number of nitrogens with zero attached hydrogens (tertiary/aromatic N) is 3. The van der Waals surface area contributed by atoms with Gasteiger partial charge in [0.2, 0.25) is 5.95 Å². The molecule has 0 radical (unpaired) electrons. The minimum Gasteiger partial charge on any atom is -0.489 e. The lowest BCUT2D eigenvalue weighted by Crippen LogP contribution is -2.31. The molecule has 1 aliphatic rings. The van der Waals surface area contributed by atoms with Crippen molar-refractivity contribution >= 4 is 29.1 Å². The number of fused-ring (bicyclic) bond motifs is 1. The fourth-order valence-corrected chi connectivity index (χ4v) is 4.58. The molecule has 4 aromatic rings. The number of hydrogen-bond donors (Lipinski definition) is 2. The topological polar surface area (TPSA) is 81.1 Å². The van der Waals surface area contributed by atoms with E-state index in [9.17, 15) is 4.79 Å². The second kappa shape index (κ2) is 9.87. The highest BCUT2D eigenvalue weighted by Crippen LogP contribution is 2.36. The molecule has 0 saturated heterocycles. The summed E-state index contributed by atoms with van der Waals surface area (Å²) < 4.78 is 7.78. The Balaban J connectivity index is 1.47. The van der Waals surface area contributed by atoms with Crippen LogP contribution in [-0.2, 0) is 11.4 Å². The monoisotopic (exact) mass is 499 g/mol. The number of aryl methyl sites for hydroxylation is 2. The van der Waals surface area contributed by atoms with E-state index in [4.69, 9.17) is 16.3 Å². The summed E-state index contributed by atoms with van der Waals surface area (Å²) in [6.45, 7) is 6.22. The molecule has 2 heterocycles. The van der Waals surface area contributed by atoms with Crippen LogP contribution in [0.3, 0.4) is 0 Å². The van der Waals surface area contributed by atoms with E-state index in [1.807, 2.05) is 87.5 Å². The molecule has 2 N–H and O–H groups in total. The first-order valence-electron chi connectivity index (χ1n) is 11.6. The molecule has 0 aliphatic carbocycles. The van der Waals surface area contributed by atoms with E-state index in [1.54, 1.807) is 4.68 Å². The van der Waals surface area contributed by atoms with Crippen molar-refractivity contribution < 1.29 is 9.53 Å². The molecule has 0 fully saturated rings. The van der Waals surface area contributed by atoms with Crippen LogP contribution in [-0.4, -0.2) is 20.7 Å². The molecular formula is C28H26ClN5O2. The molecule has 3 aromatic carbocycles. The first-order valence-corrected chi connectivity index (χ1v) is 12.0. The first kappa shape index (κ1) is 23.6. The lowest BCUT2D eigenvalue weighted by atomic mass is 9.94. The Morgan fingerprint density at radius 2 is 1.92 bits per heavy atom. The SMILES string of the molecule is CC1=C(C(=O)Nc2ccc(C)cc2C)[C@H](c2cccc(OCc3ccccc3Cl)c2)n2ncnc2N1. The first-order chi connectivity index (χ1) is 17.4. The number of allylic oxidation sites excluding steroid dienone is 1. The van der Waals surface area contributed by atoms with Gasteiger partial charge in [-0.2, -0.15) is 10.1 Å². The number of carbonyl (C=O) groups excluding carboxylic acids is 1. The van der Waals surface area contributed by atoms with Crippen molar-refractivity contribution in [3.05, 3.63) is 112 Å². The van der Waals surface area contributed by atoms with Gasteiger partial charge in [0.15, 0.2) is 0 Å². The molecule has 5 rings (SSSR count). The van der Waals surface area contributed by atoms with Crippen molar-refractivity contribution in [1.82, 2.24) is 14.8 Å². The van der Waals surface area contributed by atoms with Crippen molar-refractivity contribution in [2.45, 2.75) is 33.4 Å². The number of ether oxygens (including phenoxy) is 1. The average Bonchev–Trinajstić information content (AvgIpc) is 3.32. The number of amides is 1. The van der Waals surface area contributed by atoms with Gasteiger partial charge >= 0.3 is 0 Å². The van der Waals surface area contributed by atoms with Crippen LogP contribution >= 0.6 is 11.6 Å². The maximum atomic E-state index is 13.6. The number of hydrogen-bond acceptors (Lipinski definition) is 5. The van der Waals surface area contributed by atoms with E-state index < -0.39 is 6.04 Å². The van der Waals surface area contributed by atoms with Crippen molar-refractivity contribution in [3.8, 4) is 5.75 Å². The summed E-state index contributed by atoms with van der Waals surface area (Å²) in [4.78, 5) is 18.0. The third-order valence-electron chi connectivity index (χ3n) is 6.20. The highest BCUT2D eigenvalue weighted by Gasteiger charge is 2.33. The van der Waals surface area contributed by atoms with Gasteiger partial charge in [-0.3, -0.25) is 4.79 Å². The van der Waals surface area contributed by atoms with Crippen LogP contribution in [0.5, 0.6) is 5.75 Å². The van der Waals surface area contributed by atoms with Gasteiger partial charge in [-0.15, -0.1) is 0 Å². The summed E-state index contributed by atoms with van der Waals surface area (Å²) in [5.41, 5.74) is 5.92. The number of carbonyl (C=O) groups is 1. The average molecular weight is 500 g/mol. The summed E-state index contributed by atoms with van der Waals surface area (Å²) in [5, 5.41) is 11.4. The quantitative estimate of drug-likeness (QED) is 0.337. The molecule has 7 nitrogen and oxygen atoms in total. The number of benzene rings is 3. The van der Waals surface area contributed by atoms with Crippen molar-refractivity contribution in [3.63, 3.8) is 0 Å². The molecule has 36 heavy (non-hydrogen) atoms. The van der Waals surface area contributed by atoms with Gasteiger partial charge in [0.1, 0.15) is 24.7 Å². The largest absolute Gasteiger partial charge is 0.489 e. The molecule has 8 heteroatoms. The Bertz CT molecular complexity index is 1480. The number of aromatic nitrogens is 3. The fraction of sp³-hybridized carbons (Fsp3) is 0.179. The van der Waals surface area contributed by atoms with Gasteiger partial charge in [-0.05, 0) is 56.2 Å². The van der Waals surface area contributed by atoms with Crippen molar-refractivity contribution in [1.29, 1.82) is 0 Å². The van der Waals surface area contributed by atoms with Crippen LogP contribution in [0.4, 0.5) is 11.6 Å². The minimum absolute atomic E-state index is 0.208. The highest BCUT2D eigenvalue weighted by atomic mass is 35.5. The zero-order chi connectivity index (χ0) is 25.2. The number of halogens is 1. The molecule has 0 unspecified atom stereocenters. The number of rotatable bonds is 6. The van der Waals surface area contributed by atoms with Gasteiger partial charge in [-0.1, -0.05) is 59.6 Å². The smallest absolute Gasteiger partial charge is 0.255 e. The van der Waals surface area contributed by atoms with Crippen LogP contribution < -0.4 is 15.4 Å². The Morgan fingerprint density at radius 1 is 1.08 bits per heavy atom. The normalized spacial score (nSPS) is 14.7. The van der Waals surface area contributed by atoms with E-state index in [0.29, 0.717) is 34.6 Å². The van der Waals surface area contributed by atoms with Crippen LogP contribution in [0.2, 0.25) is 5.02 Å². The lowest BCUT2D eigenvalue weighted by molar-refractivity contribution is -0.113. The highest BCUT2D eigenvalue weighted by molar-refractivity contribution is 6.31. The Kier molecular flexibility index (Phi) is 6.48. The maximum Gasteiger partial charge on any atom is 0.255 e. The van der Waals surface area contributed by atoms with Gasteiger partial charge in [0.05, 0.1) is 5.57 Å². The van der Waals surface area contributed by atoms with Crippen LogP contribution in [0, 0.1) is 13.8 Å². The van der Waals surface area contributed by atoms with Crippen LogP contribution in [0.25, 0.3) is 0 Å². The van der Waals surface area contributed by atoms with Gasteiger partial charge in [0, 0.05) is 22.0 Å². The molecule has 1 aromatic heterocycles. The summed E-state index contributed by atoms with van der Waals surface area (Å²) in [6.07, 6.45) is 1.48. The van der Waals surface area contributed by atoms with E-state index in [-0.39, 0.29) is 5.91 Å². The molecule has 182 valence electrons. The summed E-state index contributed by atoms with van der Waals surface area (Å²) >= 11 is 6.29. The number of anilines is 2. The second-order valence-electron chi connectivity index (χ2n) is 8.82. The molecule has 1 atom stereocenters. The zero-order valence-electron chi connectivity index (χ0n) is 20.2. The lowest BCUT2D eigenvalue weighted by Gasteiger charge is -2.29. The molecule has 1 aliphatic heterocycles. The Morgan fingerprint density at radius 3 is 2.72 bits per heavy atom.